The van der Waals surface area contributed by atoms with Crippen molar-refractivity contribution in [3.05, 3.63) is 100 Å². The Morgan fingerprint density at radius 3 is 2.28 bits per heavy atom. The van der Waals surface area contributed by atoms with Crippen LogP contribution in [-0.2, 0) is 32.6 Å². The van der Waals surface area contributed by atoms with E-state index in [1.165, 1.54) is 17.0 Å². The van der Waals surface area contributed by atoms with E-state index >= 15 is 0 Å². The first-order chi connectivity index (χ1) is 20.6. The topological polar surface area (TPSA) is 86.8 Å². The first-order valence-corrected chi connectivity index (χ1v) is 17.7. The van der Waals surface area contributed by atoms with Crippen LogP contribution in [0.2, 0.25) is 0 Å². The Morgan fingerprint density at radius 1 is 0.930 bits per heavy atom. The fourth-order valence-electron chi connectivity index (χ4n) is 5.76. The third-order valence-electron chi connectivity index (χ3n) is 8.00. The number of anilines is 1. The molecule has 1 saturated carbocycles. The standard InChI is InChI=1S/C34H42BrN3O4S/c1-26-13-9-10-20-31(26)38(43(2,41)42)22-12-21-33(39)37(25-28-16-11-17-29(35)23-28)32(24-27-14-5-3-6-15-27)34(40)36-30-18-7-4-8-19-30/h3,5-6,9-11,13-17,20,23,30,32H,4,7-8,12,18-19,21-22,24-25H2,1-2H3,(H,36,40). The molecule has 1 fully saturated rings. The predicted octanol–water partition coefficient (Wildman–Crippen LogP) is 6.39. The summed E-state index contributed by atoms with van der Waals surface area (Å²) in [5, 5.41) is 3.26. The molecule has 230 valence electrons. The van der Waals surface area contributed by atoms with Crippen molar-refractivity contribution < 1.29 is 18.0 Å². The normalized spacial score (nSPS) is 14.6. The van der Waals surface area contributed by atoms with Crippen LogP contribution in [0.5, 0.6) is 0 Å². The third-order valence-corrected chi connectivity index (χ3v) is 9.67. The molecule has 3 aromatic carbocycles. The van der Waals surface area contributed by atoms with E-state index in [1.54, 1.807) is 11.0 Å². The van der Waals surface area contributed by atoms with Crippen molar-refractivity contribution in [2.75, 3.05) is 17.1 Å². The number of aryl methyl sites for hydroxylation is 1. The molecule has 0 radical (unpaired) electrons. The Labute approximate surface area is 264 Å². The van der Waals surface area contributed by atoms with Crippen molar-refractivity contribution >= 4 is 43.5 Å². The molecule has 1 N–H and O–H groups in total. The molecule has 1 unspecified atom stereocenters. The van der Waals surface area contributed by atoms with Gasteiger partial charge in [-0.05, 0) is 61.1 Å². The number of amides is 2. The highest BCUT2D eigenvalue weighted by Gasteiger charge is 2.32. The van der Waals surface area contributed by atoms with Gasteiger partial charge in [0.25, 0.3) is 0 Å². The van der Waals surface area contributed by atoms with E-state index in [0.29, 0.717) is 18.5 Å². The van der Waals surface area contributed by atoms with Crippen LogP contribution in [0.4, 0.5) is 5.69 Å². The van der Waals surface area contributed by atoms with Gasteiger partial charge in [-0.3, -0.25) is 13.9 Å². The van der Waals surface area contributed by atoms with Crippen molar-refractivity contribution in [1.29, 1.82) is 0 Å². The highest BCUT2D eigenvalue weighted by atomic mass is 79.9. The Balaban J connectivity index is 1.59. The summed E-state index contributed by atoms with van der Waals surface area (Å²) in [4.78, 5) is 29.7. The summed E-state index contributed by atoms with van der Waals surface area (Å²) in [6.45, 7) is 2.30. The summed E-state index contributed by atoms with van der Waals surface area (Å²) in [6, 6.07) is 24.3. The van der Waals surface area contributed by atoms with Crippen molar-refractivity contribution in [1.82, 2.24) is 10.2 Å². The minimum absolute atomic E-state index is 0.105. The van der Waals surface area contributed by atoms with E-state index in [1.807, 2.05) is 79.7 Å². The Hall–Kier alpha value is -3.17. The number of benzene rings is 3. The molecule has 1 aliphatic carbocycles. The number of rotatable bonds is 13. The second-order valence-corrected chi connectivity index (χ2v) is 14.2. The van der Waals surface area contributed by atoms with Crippen LogP contribution in [0, 0.1) is 6.92 Å². The van der Waals surface area contributed by atoms with Crippen LogP contribution in [0.25, 0.3) is 0 Å². The number of nitrogens with zero attached hydrogens (tertiary/aromatic N) is 2. The highest BCUT2D eigenvalue weighted by Crippen LogP contribution is 2.24. The van der Waals surface area contributed by atoms with Gasteiger partial charge in [-0.15, -0.1) is 0 Å². The van der Waals surface area contributed by atoms with Crippen LogP contribution < -0.4 is 9.62 Å². The molecule has 0 aromatic heterocycles. The van der Waals surface area contributed by atoms with Crippen molar-refractivity contribution in [3.8, 4) is 0 Å². The van der Waals surface area contributed by atoms with Gasteiger partial charge in [0.15, 0.2) is 0 Å². The van der Waals surface area contributed by atoms with Gasteiger partial charge in [0.2, 0.25) is 21.8 Å². The number of para-hydroxylation sites is 1. The van der Waals surface area contributed by atoms with Crippen molar-refractivity contribution in [3.63, 3.8) is 0 Å². The number of hydrogen-bond donors (Lipinski definition) is 1. The maximum atomic E-state index is 14.1. The molecule has 3 aromatic rings. The van der Waals surface area contributed by atoms with E-state index in [0.717, 1.165) is 46.8 Å². The maximum absolute atomic E-state index is 14.1. The fraction of sp³-hybridized carbons (Fsp3) is 0.412. The van der Waals surface area contributed by atoms with Crippen LogP contribution in [0.1, 0.15) is 61.6 Å². The number of halogens is 1. The molecule has 0 spiro atoms. The largest absolute Gasteiger partial charge is 0.352 e. The molecule has 0 heterocycles. The highest BCUT2D eigenvalue weighted by molar-refractivity contribution is 9.10. The van der Waals surface area contributed by atoms with Crippen LogP contribution in [0.15, 0.2) is 83.3 Å². The summed E-state index contributed by atoms with van der Waals surface area (Å²) in [5.41, 5.74) is 3.33. The molecule has 1 aliphatic rings. The average molecular weight is 669 g/mol. The number of carbonyl (C=O) groups excluding carboxylic acids is 2. The Kier molecular flexibility index (Phi) is 11.8. The van der Waals surface area contributed by atoms with E-state index in [2.05, 4.69) is 21.2 Å². The first kappa shape index (κ1) is 32.7. The Bertz CT molecular complexity index is 1480. The SMILES string of the molecule is Cc1ccccc1N(CCCC(=O)N(Cc1cccc(Br)c1)C(Cc1ccccc1)C(=O)NC1CCCCC1)S(C)(=O)=O. The van der Waals surface area contributed by atoms with Gasteiger partial charge < -0.3 is 10.2 Å². The van der Waals surface area contributed by atoms with Crippen molar-refractivity contribution in [2.24, 2.45) is 0 Å². The van der Waals surface area contributed by atoms with Gasteiger partial charge in [-0.2, -0.15) is 0 Å². The number of sulfonamides is 1. The quantitative estimate of drug-likeness (QED) is 0.229. The zero-order valence-corrected chi connectivity index (χ0v) is 27.4. The lowest BCUT2D eigenvalue weighted by atomic mass is 9.94. The molecule has 0 saturated heterocycles. The lowest BCUT2D eigenvalue weighted by Gasteiger charge is -2.34. The van der Waals surface area contributed by atoms with E-state index in [4.69, 9.17) is 0 Å². The van der Waals surface area contributed by atoms with E-state index in [-0.39, 0.29) is 37.4 Å². The molecule has 1 atom stereocenters. The minimum atomic E-state index is -3.56. The summed E-state index contributed by atoms with van der Waals surface area (Å²) >= 11 is 3.53. The predicted molar refractivity (Wildman–Crippen MR) is 176 cm³/mol. The summed E-state index contributed by atoms with van der Waals surface area (Å²) in [7, 11) is -3.56. The number of hydrogen-bond acceptors (Lipinski definition) is 4. The van der Waals surface area contributed by atoms with Gasteiger partial charge in [0.1, 0.15) is 6.04 Å². The van der Waals surface area contributed by atoms with Gasteiger partial charge in [-0.25, -0.2) is 8.42 Å². The monoisotopic (exact) mass is 667 g/mol. The van der Waals surface area contributed by atoms with Gasteiger partial charge in [-0.1, -0.05) is 95.9 Å². The van der Waals surface area contributed by atoms with Crippen LogP contribution in [0.3, 0.4) is 0 Å². The minimum Gasteiger partial charge on any atom is -0.352 e. The third kappa shape index (κ3) is 9.66. The van der Waals surface area contributed by atoms with Crippen LogP contribution >= 0.6 is 15.9 Å². The molecule has 0 bridgehead atoms. The molecule has 2 amide bonds. The zero-order valence-electron chi connectivity index (χ0n) is 25.0. The van der Waals surface area contributed by atoms with Gasteiger partial charge in [0.05, 0.1) is 11.9 Å². The van der Waals surface area contributed by atoms with Gasteiger partial charge in [0, 0.05) is 36.4 Å². The average Bonchev–Trinajstić information content (AvgIpc) is 2.98. The summed E-state index contributed by atoms with van der Waals surface area (Å²) < 4.78 is 27.7. The molecular weight excluding hydrogens is 626 g/mol. The zero-order chi connectivity index (χ0) is 30.8. The molecule has 43 heavy (non-hydrogen) atoms. The van der Waals surface area contributed by atoms with E-state index < -0.39 is 16.1 Å². The first-order valence-electron chi connectivity index (χ1n) is 15.0. The second kappa shape index (κ2) is 15.5. The van der Waals surface area contributed by atoms with Crippen molar-refractivity contribution in [2.45, 2.75) is 76.9 Å². The Morgan fingerprint density at radius 2 is 1.60 bits per heavy atom. The lowest BCUT2D eigenvalue weighted by molar-refractivity contribution is -0.141. The molecule has 4 rings (SSSR count). The molecule has 9 heteroatoms. The number of carbonyl (C=O) groups is 2. The molecule has 7 nitrogen and oxygen atoms in total. The molecular formula is C34H42BrN3O4S. The van der Waals surface area contributed by atoms with Crippen LogP contribution in [-0.4, -0.2) is 50.0 Å². The fourth-order valence-corrected chi connectivity index (χ4v) is 7.23. The summed E-state index contributed by atoms with van der Waals surface area (Å²) in [5.74, 6) is -0.324. The lowest BCUT2D eigenvalue weighted by Crippen LogP contribution is -2.53. The molecule has 0 aliphatic heterocycles. The number of nitrogens with one attached hydrogen (secondary N) is 1. The maximum Gasteiger partial charge on any atom is 0.243 e. The second-order valence-electron chi connectivity index (χ2n) is 11.4. The van der Waals surface area contributed by atoms with E-state index in [9.17, 15) is 18.0 Å². The smallest absolute Gasteiger partial charge is 0.243 e. The summed E-state index contributed by atoms with van der Waals surface area (Å²) in [6.07, 6.45) is 7.25. The van der Waals surface area contributed by atoms with Gasteiger partial charge >= 0.3 is 0 Å².